The smallest absolute Gasteiger partial charge is 0.0626 e. The average molecular weight is 782 g/mol. The van der Waals surface area contributed by atoms with Gasteiger partial charge in [-0.15, -0.1) is 0 Å². The maximum absolute atomic E-state index is 2.46. The molecule has 1 aromatic heterocycles. The van der Waals surface area contributed by atoms with E-state index in [-0.39, 0.29) is 0 Å². The van der Waals surface area contributed by atoms with E-state index in [1.54, 1.807) is 0 Å². The Morgan fingerprint density at radius 2 is 0.742 bits per heavy atom. The predicted octanol–water partition coefficient (Wildman–Crippen LogP) is 16.8. The monoisotopic (exact) mass is 781 g/mol. The zero-order valence-corrected chi connectivity index (χ0v) is 33.7. The molecule has 0 N–H and O–H groups in total. The van der Waals surface area contributed by atoms with Gasteiger partial charge in [0.25, 0.3) is 0 Å². The molecule has 1 heterocycles. The summed E-state index contributed by atoms with van der Waals surface area (Å²) in [6.07, 6.45) is 10.2. The fourth-order valence-corrected chi connectivity index (χ4v) is 12.0. The zero-order chi connectivity index (χ0) is 40.2. The topological polar surface area (TPSA) is 4.93 Å². The highest BCUT2D eigenvalue weighted by molar-refractivity contribution is 6.39. The Balaban J connectivity index is 0.000000120. The van der Waals surface area contributed by atoms with Gasteiger partial charge >= 0.3 is 0 Å². The molecule has 1 heteroatoms. The molecule has 0 aliphatic heterocycles. The van der Waals surface area contributed by atoms with E-state index >= 15 is 0 Å². The Morgan fingerprint density at radius 3 is 1.29 bits per heavy atom. The summed E-state index contributed by atoms with van der Waals surface area (Å²) in [7, 11) is 0. The van der Waals surface area contributed by atoms with Gasteiger partial charge in [-0.2, -0.15) is 0 Å². The van der Waals surface area contributed by atoms with Crippen molar-refractivity contribution in [3.8, 4) is 28.1 Å². The summed E-state index contributed by atoms with van der Waals surface area (Å²) in [6.45, 7) is 0. The van der Waals surface area contributed by atoms with Crippen LogP contribution < -0.4 is 0 Å². The van der Waals surface area contributed by atoms with Crippen LogP contribution in [-0.4, -0.2) is 4.57 Å². The second-order valence-electron chi connectivity index (χ2n) is 17.3. The summed E-state index contributed by atoms with van der Waals surface area (Å²) in [5.74, 6) is 0. The number of fused-ring (bicyclic) bond motifs is 11. The molecule has 1 nitrogen and oxygen atoms in total. The summed E-state index contributed by atoms with van der Waals surface area (Å²) < 4.78 is 2.46. The third-order valence-electron chi connectivity index (χ3n) is 14.4. The van der Waals surface area contributed by atoms with Crippen LogP contribution in [0.1, 0.15) is 17.5 Å². The van der Waals surface area contributed by atoms with Crippen molar-refractivity contribution in [3.63, 3.8) is 0 Å². The fraction of sp³-hybridized carbons (Fsp3) is 0.0164. The first kappa shape index (κ1) is 32.8. The van der Waals surface area contributed by atoms with Crippen LogP contribution in [0, 0.1) is 0 Å². The van der Waals surface area contributed by atoms with Gasteiger partial charge in [0.05, 0.1) is 11.2 Å². The molecule has 16 rings (SSSR count). The van der Waals surface area contributed by atoms with E-state index in [0.29, 0.717) is 0 Å². The molecule has 12 aromatic carbocycles. The van der Waals surface area contributed by atoms with Crippen molar-refractivity contribution in [2.75, 3.05) is 0 Å². The average Bonchev–Trinajstić information content (AvgIpc) is 3.87. The number of benzene rings is 12. The van der Waals surface area contributed by atoms with Gasteiger partial charge in [0, 0.05) is 27.6 Å². The minimum atomic E-state index is 1.01. The van der Waals surface area contributed by atoms with E-state index in [0.717, 1.165) is 6.42 Å². The van der Waals surface area contributed by atoms with Crippen molar-refractivity contribution in [2.45, 2.75) is 6.42 Å². The van der Waals surface area contributed by atoms with E-state index in [9.17, 15) is 0 Å². The molecule has 0 unspecified atom stereocenters. The van der Waals surface area contributed by atoms with Crippen LogP contribution in [0.4, 0.5) is 0 Å². The largest absolute Gasteiger partial charge is 0.309 e. The standard InChI is InChI=1S/C34H19N.C27H16/c1-2-10-21(11-3-1)35-29-15-5-4-12-26(29)33-27-18-16-24-22-13-6-8-20-9-7-14-23(30(20)22)25-17-19-28(34(33)35)32(27)31(24)25;1-2-8-17-18(9-3-1)22-13-15-24-20-11-5-7-16-6-4-10-19(25(16)20)23-14-12-21(17)26(22)27(23)24/h1-19H;2-15H,1H2. The van der Waals surface area contributed by atoms with E-state index < -0.39 is 0 Å². The summed E-state index contributed by atoms with van der Waals surface area (Å²) in [5, 5.41) is 23.3. The van der Waals surface area contributed by atoms with Gasteiger partial charge in [0.15, 0.2) is 0 Å². The Hall–Kier alpha value is -8.00. The predicted molar refractivity (Wildman–Crippen MR) is 266 cm³/mol. The minimum absolute atomic E-state index is 1.01. The Kier molecular flexibility index (Phi) is 6.27. The number of nitrogens with zero attached hydrogens (tertiary/aromatic N) is 1. The Morgan fingerprint density at radius 1 is 0.306 bits per heavy atom. The molecule has 284 valence electrons. The van der Waals surface area contributed by atoms with Crippen LogP contribution in [0.5, 0.6) is 0 Å². The van der Waals surface area contributed by atoms with Crippen LogP contribution in [-0.2, 0) is 0 Å². The third-order valence-corrected chi connectivity index (χ3v) is 14.4. The molecular formula is C61H35N. The van der Waals surface area contributed by atoms with Crippen LogP contribution in [0.25, 0.3) is 136 Å². The molecule has 3 aliphatic rings. The first-order chi connectivity index (χ1) is 30.8. The van der Waals surface area contributed by atoms with Crippen molar-refractivity contribution in [1.29, 1.82) is 0 Å². The van der Waals surface area contributed by atoms with Crippen LogP contribution in [0.2, 0.25) is 0 Å². The fourth-order valence-electron chi connectivity index (χ4n) is 12.0. The molecule has 0 spiro atoms. The molecule has 13 aromatic rings. The number of aromatic nitrogens is 1. The number of hydrogen-bond acceptors (Lipinski definition) is 0. The highest BCUT2D eigenvalue weighted by Gasteiger charge is 2.31. The second kappa shape index (κ2) is 11.8. The van der Waals surface area contributed by atoms with Crippen molar-refractivity contribution in [1.82, 2.24) is 4.57 Å². The normalized spacial score (nSPS) is 13.9. The van der Waals surface area contributed by atoms with Gasteiger partial charge in [-0.25, -0.2) is 0 Å². The lowest BCUT2D eigenvalue weighted by molar-refractivity contribution is 1.14. The Bertz CT molecular complexity index is 4050. The van der Waals surface area contributed by atoms with Crippen molar-refractivity contribution >= 4 is 108 Å². The summed E-state index contributed by atoms with van der Waals surface area (Å²) in [4.78, 5) is 0. The van der Waals surface area contributed by atoms with Gasteiger partial charge < -0.3 is 4.57 Å². The summed E-state index contributed by atoms with van der Waals surface area (Å²) in [6, 6.07) is 65.3. The van der Waals surface area contributed by atoms with Crippen molar-refractivity contribution in [3.05, 3.63) is 211 Å². The molecule has 0 saturated carbocycles. The van der Waals surface area contributed by atoms with Gasteiger partial charge in [0.2, 0.25) is 0 Å². The lowest BCUT2D eigenvalue weighted by atomic mass is 9.87. The molecule has 0 bridgehead atoms. The number of para-hydroxylation sites is 2. The number of hydrogen-bond donors (Lipinski definition) is 0. The Labute approximate surface area is 357 Å². The van der Waals surface area contributed by atoms with Crippen molar-refractivity contribution in [2.24, 2.45) is 0 Å². The first-order valence-corrected chi connectivity index (χ1v) is 21.8. The van der Waals surface area contributed by atoms with Gasteiger partial charge in [0.1, 0.15) is 0 Å². The molecule has 0 radical (unpaired) electrons. The van der Waals surface area contributed by atoms with Crippen LogP contribution >= 0.6 is 0 Å². The SMILES string of the molecule is C1=CC2=C(C=CC1)c1ccc3c4cccc5cccc(c6ccc2c1c63)c54.c1ccc(-n2c3c(c4ccccc42)-c2ccc4c5cccc6cccc(c7ccc-3c2c47)c65)cc1. The highest BCUT2D eigenvalue weighted by Crippen LogP contribution is 2.56. The first-order valence-electron chi connectivity index (χ1n) is 21.8. The van der Waals surface area contributed by atoms with Crippen LogP contribution in [0.3, 0.4) is 0 Å². The third kappa shape index (κ3) is 4.04. The van der Waals surface area contributed by atoms with Crippen molar-refractivity contribution < 1.29 is 0 Å². The second-order valence-corrected chi connectivity index (χ2v) is 17.3. The van der Waals surface area contributed by atoms with E-state index in [1.807, 2.05) is 0 Å². The highest BCUT2D eigenvalue weighted by atomic mass is 15.0. The van der Waals surface area contributed by atoms with E-state index in [1.165, 1.54) is 147 Å². The quantitative estimate of drug-likeness (QED) is 0.115. The summed E-state index contributed by atoms with van der Waals surface area (Å²) in [5.41, 5.74) is 13.3. The zero-order valence-electron chi connectivity index (χ0n) is 33.7. The van der Waals surface area contributed by atoms with Crippen LogP contribution in [0.15, 0.2) is 200 Å². The maximum Gasteiger partial charge on any atom is 0.0626 e. The van der Waals surface area contributed by atoms with Gasteiger partial charge in [-0.1, -0.05) is 182 Å². The molecule has 0 fully saturated rings. The lowest BCUT2D eigenvalue weighted by Crippen LogP contribution is -1.96. The molecule has 0 atom stereocenters. The molecule has 3 aliphatic carbocycles. The molecule has 62 heavy (non-hydrogen) atoms. The van der Waals surface area contributed by atoms with Gasteiger partial charge in [-0.3, -0.25) is 0 Å². The number of rotatable bonds is 1. The lowest BCUT2D eigenvalue weighted by Gasteiger charge is -2.16. The maximum atomic E-state index is 2.46. The number of allylic oxidation sites excluding steroid dienone is 6. The van der Waals surface area contributed by atoms with E-state index in [2.05, 4.69) is 205 Å². The molecular weight excluding hydrogens is 747 g/mol. The van der Waals surface area contributed by atoms with E-state index in [4.69, 9.17) is 0 Å². The molecule has 0 saturated heterocycles. The molecule has 0 amide bonds. The van der Waals surface area contributed by atoms with Gasteiger partial charge in [-0.05, 0) is 133 Å². The summed E-state index contributed by atoms with van der Waals surface area (Å²) >= 11 is 0. The minimum Gasteiger partial charge on any atom is -0.309 e.